The van der Waals surface area contributed by atoms with Crippen molar-refractivity contribution in [1.82, 2.24) is 0 Å². The van der Waals surface area contributed by atoms with Gasteiger partial charge >= 0.3 is 0 Å². The second kappa shape index (κ2) is 6.25. The maximum Gasteiger partial charge on any atom is 0.173 e. The van der Waals surface area contributed by atoms with Crippen LogP contribution < -0.4 is 10.6 Å². The van der Waals surface area contributed by atoms with E-state index in [1.807, 2.05) is 25.2 Å². The van der Waals surface area contributed by atoms with Crippen molar-refractivity contribution < 1.29 is 9.94 Å². The van der Waals surface area contributed by atoms with Crippen molar-refractivity contribution in [1.29, 1.82) is 0 Å². The Morgan fingerprint density at radius 2 is 2.42 bits per heavy atom. The van der Waals surface area contributed by atoms with E-state index >= 15 is 0 Å². The van der Waals surface area contributed by atoms with Gasteiger partial charge in [0.2, 0.25) is 0 Å². The molecule has 1 aliphatic heterocycles. The summed E-state index contributed by atoms with van der Waals surface area (Å²) in [5.74, 6) is 0.0988. The Morgan fingerprint density at radius 3 is 3.05 bits per heavy atom. The van der Waals surface area contributed by atoms with Gasteiger partial charge in [0.25, 0.3) is 0 Å². The Kier molecular flexibility index (Phi) is 4.66. The first kappa shape index (κ1) is 14.1. The molecule has 19 heavy (non-hydrogen) atoms. The van der Waals surface area contributed by atoms with Crippen LogP contribution in [0.4, 0.5) is 5.69 Å². The van der Waals surface area contributed by atoms with E-state index in [0.29, 0.717) is 5.56 Å². The van der Waals surface area contributed by atoms with Crippen molar-refractivity contribution in [2.24, 2.45) is 10.9 Å². The molecule has 1 aromatic carbocycles. The maximum absolute atomic E-state index is 8.90. The SMILES string of the molecule is CN(CC1CCCO1)c1cccc(Br)c1/C(N)=N/O. The third-order valence-electron chi connectivity index (χ3n) is 3.27. The van der Waals surface area contributed by atoms with Crippen molar-refractivity contribution >= 4 is 27.5 Å². The molecule has 0 bridgehead atoms. The van der Waals surface area contributed by atoms with Crippen molar-refractivity contribution in [3.05, 3.63) is 28.2 Å². The van der Waals surface area contributed by atoms with Crippen molar-refractivity contribution in [3.63, 3.8) is 0 Å². The number of nitrogens with zero attached hydrogens (tertiary/aromatic N) is 2. The third-order valence-corrected chi connectivity index (χ3v) is 3.93. The van der Waals surface area contributed by atoms with Gasteiger partial charge in [-0.2, -0.15) is 0 Å². The van der Waals surface area contributed by atoms with Crippen LogP contribution in [0.1, 0.15) is 18.4 Å². The topological polar surface area (TPSA) is 71.1 Å². The minimum atomic E-state index is 0.0988. The van der Waals surface area contributed by atoms with Crippen LogP contribution in [0.15, 0.2) is 27.8 Å². The Balaban J connectivity index is 2.25. The summed E-state index contributed by atoms with van der Waals surface area (Å²) in [7, 11) is 1.98. The quantitative estimate of drug-likeness (QED) is 0.385. The van der Waals surface area contributed by atoms with E-state index in [2.05, 4.69) is 26.0 Å². The van der Waals surface area contributed by atoms with Crippen molar-refractivity contribution in [2.75, 3.05) is 25.1 Å². The van der Waals surface area contributed by atoms with Crippen LogP contribution in [-0.2, 0) is 4.74 Å². The number of benzene rings is 1. The van der Waals surface area contributed by atoms with Crippen LogP contribution in [0.2, 0.25) is 0 Å². The highest BCUT2D eigenvalue weighted by molar-refractivity contribution is 9.10. The van der Waals surface area contributed by atoms with Crippen molar-refractivity contribution in [2.45, 2.75) is 18.9 Å². The highest BCUT2D eigenvalue weighted by Crippen LogP contribution is 2.28. The molecule has 1 saturated heterocycles. The maximum atomic E-state index is 8.90. The molecular weight excluding hydrogens is 310 g/mol. The van der Waals surface area contributed by atoms with Gasteiger partial charge in [0.15, 0.2) is 5.84 Å². The minimum Gasteiger partial charge on any atom is -0.409 e. The molecule has 1 unspecified atom stereocenters. The second-order valence-corrected chi connectivity index (χ2v) is 5.49. The first-order chi connectivity index (χ1) is 9.13. The summed E-state index contributed by atoms with van der Waals surface area (Å²) < 4.78 is 6.44. The fourth-order valence-corrected chi connectivity index (χ4v) is 2.89. The van der Waals surface area contributed by atoms with Crippen LogP contribution in [-0.4, -0.2) is 37.3 Å². The first-order valence-electron chi connectivity index (χ1n) is 6.22. The predicted molar refractivity (Wildman–Crippen MR) is 78.9 cm³/mol. The van der Waals surface area contributed by atoms with Crippen molar-refractivity contribution in [3.8, 4) is 0 Å². The molecule has 0 spiro atoms. The molecular formula is C13H18BrN3O2. The Morgan fingerprint density at radius 1 is 1.63 bits per heavy atom. The molecule has 6 heteroatoms. The van der Waals surface area contributed by atoms with Crippen LogP contribution >= 0.6 is 15.9 Å². The summed E-state index contributed by atoms with van der Waals surface area (Å²) >= 11 is 3.44. The number of hydrogen-bond acceptors (Lipinski definition) is 4. The van der Waals surface area contributed by atoms with Crippen LogP contribution in [0, 0.1) is 0 Å². The summed E-state index contributed by atoms with van der Waals surface area (Å²) in [6.45, 7) is 1.63. The lowest BCUT2D eigenvalue weighted by Crippen LogP contribution is -2.30. The van der Waals surface area contributed by atoms with Crippen LogP contribution in [0.5, 0.6) is 0 Å². The van der Waals surface area contributed by atoms with Gasteiger partial charge in [0.05, 0.1) is 11.7 Å². The Hall–Kier alpha value is -1.27. The molecule has 0 amide bonds. The van der Waals surface area contributed by atoms with Gasteiger partial charge in [-0.15, -0.1) is 0 Å². The fourth-order valence-electron chi connectivity index (χ4n) is 2.33. The zero-order valence-corrected chi connectivity index (χ0v) is 12.4. The molecule has 0 aliphatic carbocycles. The lowest BCUT2D eigenvalue weighted by Gasteiger charge is -2.25. The van der Waals surface area contributed by atoms with Gasteiger partial charge in [0, 0.05) is 30.4 Å². The number of amidine groups is 1. The molecule has 5 nitrogen and oxygen atoms in total. The number of rotatable bonds is 4. The number of anilines is 1. The van der Waals surface area contributed by atoms with E-state index in [9.17, 15) is 0 Å². The van der Waals surface area contributed by atoms with Crippen LogP contribution in [0.25, 0.3) is 0 Å². The highest BCUT2D eigenvalue weighted by Gasteiger charge is 2.20. The Bertz CT molecular complexity index is 473. The van der Waals surface area contributed by atoms with Gasteiger partial charge < -0.3 is 20.6 Å². The number of halogens is 1. The largest absolute Gasteiger partial charge is 0.409 e. The third kappa shape index (κ3) is 3.19. The first-order valence-corrected chi connectivity index (χ1v) is 7.02. The molecule has 1 aromatic rings. The molecule has 104 valence electrons. The molecule has 1 heterocycles. The molecule has 1 fully saturated rings. The highest BCUT2D eigenvalue weighted by atomic mass is 79.9. The Labute approximate surface area is 121 Å². The number of ether oxygens (including phenoxy) is 1. The van der Waals surface area contributed by atoms with E-state index in [1.165, 1.54) is 0 Å². The van der Waals surface area contributed by atoms with E-state index in [4.69, 9.17) is 15.7 Å². The number of likely N-dealkylation sites (N-methyl/N-ethyl adjacent to an activating group) is 1. The lowest BCUT2D eigenvalue weighted by atomic mass is 10.1. The fraction of sp³-hybridized carbons (Fsp3) is 0.462. The molecule has 0 aromatic heterocycles. The molecule has 0 radical (unpaired) electrons. The van der Waals surface area contributed by atoms with Gasteiger partial charge in [-0.1, -0.05) is 11.2 Å². The van der Waals surface area contributed by atoms with Gasteiger partial charge in [-0.25, -0.2) is 0 Å². The number of oxime groups is 1. The van der Waals surface area contributed by atoms with E-state index < -0.39 is 0 Å². The van der Waals surface area contributed by atoms with Crippen LogP contribution in [0.3, 0.4) is 0 Å². The molecule has 3 N–H and O–H groups in total. The molecule has 0 saturated carbocycles. The molecule has 1 atom stereocenters. The number of hydrogen-bond donors (Lipinski definition) is 2. The summed E-state index contributed by atoms with van der Waals surface area (Å²) in [5, 5.41) is 12.0. The zero-order valence-electron chi connectivity index (χ0n) is 10.8. The van der Waals surface area contributed by atoms with E-state index in [1.54, 1.807) is 0 Å². The molecule has 1 aliphatic rings. The summed E-state index contributed by atoms with van der Waals surface area (Å²) in [6, 6.07) is 5.75. The average Bonchev–Trinajstić information content (AvgIpc) is 2.90. The summed E-state index contributed by atoms with van der Waals surface area (Å²) in [6.07, 6.45) is 2.45. The summed E-state index contributed by atoms with van der Waals surface area (Å²) in [5.41, 5.74) is 7.37. The van der Waals surface area contributed by atoms with Gasteiger partial charge in [0.1, 0.15) is 0 Å². The minimum absolute atomic E-state index is 0.0988. The normalized spacial score (nSPS) is 19.7. The number of nitrogens with two attached hydrogens (primary N) is 1. The average molecular weight is 328 g/mol. The lowest BCUT2D eigenvalue weighted by molar-refractivity contribution is 0.116. The van der Waals surface area contributed by atoms with E-state index in [0.717, 1.165) is 36.2 Å². The molecule has 2 rings (SSSR count). The monoisotopic (exact) mass is 327 g/mol. The van der Waals surface area contributed by atoms with Gasteiger partial charge in [-0.05, 0) is 40.9 Å². The summed E-state index contributed by atoms with van der Waals surface area (Å²) in [4.78, 5) is 2.08. The smallest absolute Gasteiger partial charge is 0.173 e. The van der Waals surface area contributed by atoms with Gasteiger partial charge in [-0.3, -0.25) is 0 Å². The van der Waals surface area contributed by atoms with E-state index in [-0.39, 0.29) is 11.9 Å². The standard InChI is InChI=1S/C13H18BrN3O2/c1-17(8-9-4-3-7-19-9)11-6-2-5-10(14)12(11)13(15)16-18/h2,5-6,9,18H,3-4,7-8H2,1H3,(H2,15,16). The zero-order chi connectivity index (χ0) is 13.8. The predicted octanol–water partition coefficient (Wildman–Crippen LogP) is 2.16. The second-order valence-electron chi connectivity index (χ2n) is 4.63.